The molecule has 0 radical (unpaired) electrons. The summed E-state index contributed by atoms with van der Waals surface area (Å²) in [5.74, 6) is 0.147. The van der Waals surface area contributed by atoms with Crippen molar-refractivity contribution in [1.82, 2.24) is 4.81 Å². The van der Waals surface area contributed by atoms with Crippen molar-refractivity contribution in [3.8, 4) is 0 Å². The first kappa shape index (κ1) is 10.3. The summed E-state index contributed by atoms with van der Waals surface area (Å²) in [6.45, 7) is 7.40. The quantitative estimate of drug-likeness (QED) is 0.339. The molecule has 0 atom stereocenters. The fraction of sp³-hybridized carbons (Fsp3) is 0.857. The number of nitrogens with two attached hydrogens (primary N) is 1. The van der Waals surface area contributed by atoms with E-state index in [0.29, 0.717) is 5.41 Å². The molecule has 0 saturated heterocycles. The van der Waals surface area contributed by atoms with Crippen molar-refractivity contribution >= 4 is 13.9 Å². The lowest BCUT2D eigenvalue weighted by Crippen LogP contribution is -2.36. The number of hydrogen-bond acceptors (Lipinski definition) is 1. The number of hydrogen-bond donors (Lipinski definition) is 2. The summed E-state index contributed by atoms with van der Waals surface area (Å²) >= 11 is 0. The molecule has 0 aliphatic heterocycles. The molecular weight excluding hydrogens is 137 g/mol. The molecule has 3 N–H and O–H groups in total. The average molecular weight is 155 g/mol. The van der Waals surface area contributed by atoms with Crippen LogP contribution in [0.3, 0.4) is 0 Å². The van der Waals surface area contributed by atoms with Crippen molar-refractivity contribution in [1.29, 1.82) is 5.41 Å². The van der Waals surface area contributed by atoms with Gasteiger partial charge in [-0.1, -0.05) is 20.8 Å². The van der Waals surface area contributed by atoms with E-state index >= 15 is 0 Å². The van der Waals surface area contributed by atoms with Crippen LogP contribution in [0.15, 0.2) is 0 Å². The molecule has 0 heterocycles. The zero-order chi connectivity index (χ0) is 9.07. The maximum absolute atomic E-state index is 7.11. The van der Waals surface area contributed by atoms with Gasteiger partial charge in [-0.2, -0.15) is 0 Å². The summed E-state index contributed by atoms with van der Waals surface area (Å²) < 4.78 is 0. The fourth-order valence-electron chi connectivity index (χ4n) is 0.624. The van der Waals surface area contributed by atoms with E-state index in [0.717, 1.165) is 13.0 Å². The van der Waals surface area contributed by atoms with E-state index in [1.807, 2.05) is 7.98 Å². The van der Waals surface area contributed by atoms with Crippen LogP contribution in [0.5, 0.6) is 0 Å². The van der Waals surface area contributed by atoms with Gasteiger partial charge in [-0.05, 0) is 11.8 Å². The Bertz CT molecular complexity index is 139. The Hall–Kier alpha value is -0.665. The molecule has 11 heavy (non-hydrogen) atoms. The smallest absolute Gasteiger partial charge is 0.221 e. The first-order chi connectivity index (χ1) is 4.83. The second-order valence-electron chi connectivity index (χ2n) is 4.12. The molecule has 0 aliphatic carbocycles. The van der Waals surface area contributed by atoms with Crippen molar-refractivity contribution in [2.75, 3.05) is 6.54 Å². The zero-order valence-electron chi connectivity index (χ0n) is 7.94. The Morgan fingerprint density at radius 2 is 2.00 bits per heavy atom. The molecule has 0 aliphatic rings. The van der Waals surface area contributed by atoms with Gasteiger partial charge < -0.3 is 10.5 Å². The molecular formula is C7H18BN3. The molecule has 0 aromatic rings. The molecule has 64 valence electrons. The van der Waals surface area contributed by atoms with E-state index in [-0.39, 0.29) is 5.96 Å². The molecule has 0 aromatic heterocycles. The van der Waals surface area contributed by atoms with Gasteiger partial charge in [0.05, 0.1) is 0 Å². The van der Waals surface area contributed by atoms with Crippen LogP contribution in [0.1, 0.15) is 27.2 Å². The minimum Gasteiger partial charge on any atom is -0.394 e. The average Bonchev–Trinajstić information content (AvgIpc) is 1.80. The Kier molecular flexibility index (Phi) is 3.43. The highest BCUT2D eigenvalue weighted by Gasteiger charge is 2.11. The third-order valence-corrected chi connectivity index (χ3v) is 1.61. The Morgan fingerprint density at radius 3 is 2.27 bits per heavy atom. The van der Waals surface area contributed by atoms with Crippen molar-refractivity contribution in [2.45, 2.75) is 27.2 Å². The largest absolute Gasteiger partial charge is 0.394 e. The van der Waals surface area contributed by atoms with Crippen LogP contribution in [-0.4, -0.2) is 25.3 Å². The van der Waals surface area contributed by atoms with Crippen LogP contribution in [0.4, 0.5) is 0 Å². The zero-order valence-corrected chi connectivity index (χ0v) is 7.94. The second kappa shape index (κ2) is 3.65. The van der Waals surface area contributed by atoms with Crippen molar-refractivity contribution in [3.63, 3.8) is 0 Å². The van der Waals surface area contributed by atoms with Gasteiger partial charge in [-0.25, -0.2) is 0 Å². The summed E-state index contributed by atoms with van der Waals surface area (Å²) in [6, 6.07) is 0. The molecule has 0 spiro atoms. The van der Waals surface area contributed by atoms with Gasteiger partial charge in [0.15, 0.2) is 5.96 Å². The predicted octanol–water partition coefficient (Wildman–Crippen LogP) is 0.166. The number of rotatable bonds is 2. The van der Waals surface area contributed by atoms with Crippen molar-refractivity contribution in [2.24, 2.45) is 11.1 Å². The third-order valence-electron chi connectivity index (χ3n) is 1.61. The van der Waals surface area contributed by atoms with Gasteiger partial charge in [-0.3, -0.25) is 5.41 Å². The predicted molar refractivity (Wildman–Crippen MR) is 51.2 cm³/mol. The van der Waals surface area contributed by atoms with Crippen LogP contribution >= 0.6 is 0 Å². The molecule has 0 fully saturated rings. The first-order valence-corrected chi connectivity index (χ1v) is 3.88. The normalized spacial score (nSPS) is 11.2. The minimum absolute atomic E-state index is 0.147. The Morgan fingerprint density at radius 1 is 1.55 bits per heavy atom. The topological polar surface area (TPSA) is 53.1 Å². The van der Waals surface area contributed by atoms with Crippen LogP contribution in [0, 0.1) is 10.8 Å². The summed E-state index contributed by atoms with van der Waals surface area (Å²) in [6.07, 6.45) is 1.06. The summed E-state index contributed by atoms with van der Waals surface area (Å²) in [7, 11) is 1.84. The highest BCUT2D eigenvalue weighted by Crippen LogP contribution is 2.17. The van der Waals surface area contributed by atoms with E-state index in [1.165, 1.54) is 0 Å². The number of guanidine groups is 1. The maximum Gasteiger partial charge on any atom is 0.221 e. The van der Waals surface area contributed by atoms with Gasteiger partial charge in [0.1, 0.15) is 0 Å². The summed E-state index contributed by atoms with van der Waals surface area (Å²) in [5, 5.41) is 7.11. The number of nitrogens with one attached hydrogen (secondary N) is 1. The molecule has 0 unspecified atom stereocenters. The third kappa shape index (κ3) is 5.76. The second-order valence-corrected chi connectivity index (χ2v) is 4.12. The van der Waals surface area contributed by atoms with Crippen LogP contribution < -0.4 is 5.73 Å². The fourth-order valence-corrected chi connectivity index (χ4v) is 0.624. The van der Waals surface area contributed by atoms with Gasteiger partial charge in [0.25, 0.3) is 0 Å². The van der Waals surface area contributed by atoms with E-state index in [4.69, 9.17) is 11.1 Å². The van der Waals surface area contributed by atoms with Gasteiger partial charge in [0.2, 0.25) is 7.98 Å². The minimum atomic E-state index is 0.147. The highest BCUT2D eigenvalue weighted by atomic mass is 15.2. The summed E-state index contributed by atoms with van der Waals surface area (Å²) in [4.78, 5) is 1.76. The Balaban J connectivity index is 3.63. The molecule has 0 saturated carbocycles. The molecule has 0 bridgehead atoms. The highest BCUT2D eigenvalue weighted by molar-refractivity contribution is 6.13. The standard InChI is InChI=1S/C7H18BN3/c1-7(2,3)4-5-11(8)6(9)10/h4-5,8H2,1-3H3,(H3,9,10). The van der Waals surface area contributed by atoms with Gasteiger partial charge in [0, 0.05) is 6.54 Å². The maximum atomic E-state index is 7.11. The van der Waals surface area contributed by atoms with E-state index in [9.17, 15) is 0 Å². The van der Waals surface area contributed by atoms with Crippen molar-refractivity contribution in [3.05, 3.63) is 0 Å². The lowest BCUT2D eigenvalue weighted by molar-refractivity contribution is 0.353. The van der Waals surface area contributed by atoms with E-state index in [2.05, 4.69) is 20.8 Å². The lowest BCUT2D eigenvalue weighted by Gasteiger charge is -2.23. The SMILES string of the molecule is BN(CCC(C)(C)C)C(=N)N. The lowest BCUT2D eigenvalue weighted by atomic mass is 9.92. The van der Waals surface area contributed by atoms with Crippen molar-refractivity contribution < 1.29 is 0 Å². The molecule has 0 amide bonds. The van der Waals surface area contributed by atoms with Crippen LogP contribution in [0.25, 0.3) is 0 Å². The molecule has 0 rings (SSSR count). The monoisotopic (exact) mass is 155 g/mol. The van der Waals surface area contributed by atoms with E-state index in [1.54, 1.807) is 4.81 Å². The number of nitrogens with zero attached hydrogens (tertiary/aromatic N) is 1. The van der Waals surface area contributed by atoms with Crippen LogP contribution in [0.2, 0.25) is 0 Å². The molecule has 0 aromatic carbocycles. The van der Waals surface area contributed by atoms with Gasteiger partial charge >= 0.3 is 0 Å². The Labute approximate surface area is 69.9 Å². The summed E-state index contributed by atoms with van der Waals surface area (Å²) in [5.41, 5.74) is 5.60. The molecule has 3 nitrogen and oxygen atoms in total. The molecule has 4 heteroatoms. The van der Waals surface area contributed by atoms with Crippen LogP contribution in [-0.2, 0) is 0 Å². The van der Waals surface area contributed by atoms with E-state index < -0.39 is 0 Å². The first-order valence-electron chi connectivity index (χ1n) is 3.88. The van der Waals surface area contributed by atoms with Gasteiger partial charge in [-0.15, -0.1) is 0 Å².